The molecular weight excluding hydrogens is 168 g/mol. The Morgan fingerprint density at radius 2 is 2.08 bits per heavy atom. The normalized spacial score (nSPS) is 21.5. The molecule has 0 radical (unpaired) electrons. The van der Waals surface area contributed by atoms with E-state index in [-0.39, 0.29) is 0 Å². The lowest BCUT2D eigenvalue weighted by Crippen LogP contribution is -2.40. The van der Waals surface area contributed by atoms with Crippen molar-refractivity contribution < 1.29 is 0 Å². The van der Waals surface area contributed by atoms with Gasteiger partial charge in [-0.3, -0.25) is 0 Å². The van der Waals surface area contributed by atoms with E-state index in [1.165, 1.54) is 44.6 Å². The Balaban J connectivity index is 2.01. The van der Waals surface area contributed by atoms with E-state index in [0.29, 0.717) is 6.04 Å². The number of piperidine rings is 1. The van der Waals surface area contributed by atoms with Gasteiger partial charge < -0.3 is 10.6 Å². The Hall–Kier alpha value is 0.270. The molecule has 0 aliphatic carbocycles. The van der Waals surface area contributed by atoms with E-state index in [4.69, 9.17) is 5.73 Å². The van der Waals surface area contributed by atoms with E-state index in [1.807, 2.05) is 11.8 Å². The molecule has 0 atom stereocenters. The summed E-state index contributed by atoms with van der Waals surface area (Å²) in [6.45, 7) is 3.71. The second-order valence-electron chi connectivity index (χ2n) is 3.53. The zero-order valence-electron chi connectivity index (χ0n) is 7.96. The molecule has 3 heteroatoms. The minimum atomic E-state index is 0.474. The molecule has 72 valence electrons. The molecule has 1 aliphatic rings. The van der Waals surface area contributed by atoms with Gasteiger partial charge in [-0.2, -0.15) is 11.8 Å². The SMILES string of the molecule is CSCCCN1CCC(N)CC1. The van der Waals surface area contributed by atoms with Crippen molar-refractivity contribution in [2.45, 2.75) is 25.3 Å². The van der Waals surface area contributed by atoms with Crippen LogP contribution in [0, 0.1) is 0 Å². The molecule has 0 aromatic rings. The number of hydrogen-bond acceptors (Lipinski definition) is 3. The van der Waals surface area contributed by atoms with Crippen LogP contribution < -0.4 is 5.73 Å². The van der Waals surface area contributed by atoms with E-state index in [1.54, 1.807) is 0 Å². The van der Waals surface area contributed by atoms with Gasteiger partial charge in [-0.05, 0) is 50.9 Å². The van der Waals surface area contributed by atoms with Crippen molar-refractivity contribution in [3.63, 3.8) is 0 Å². The number of nitrogens with two attached hydrogens (primary N) is 1. The second-order valence-corrected chi connectivity index (χ2v) is 4.51. The number of rotatable bonds is 4. The van der Waals surface area contributed by atoms with Crippen molar-refractivity contribution in [1.29, 1.82) is 0 Å². The van der Waals surface area contributed by atoms with E-state index in [2.05, 4.69) is 11.2 Å². The number of likely N-dealkylation sites (tertiary alicyclic amines) is 1. The maximum atomic E-state index is 5.82. The van der Waals surface area contributed by atoms with Crippen molar-refractivity contribution in [2.75, 3.05) is 31.6 Å². The third-order valence-electron chi connectivity index (χ3n) is 2.46. The summed E-state index contributed by atoms with van der Waals surface area (Å²) in [5, 5.41) is 0. The van der Waals surface area contributed by atoms with Crippen LogP contribution in [-0.4, -0.2) is 42.6 Å². The van der Waals surface area contributed by atoms with Gasteiger partial charge in [-0.25, -0.2) is 0 Å². The fourth-order valence-electron chi connectivity index (χ4n) is 1.61. The summed E-state index contributed by atoms with van der Waals surface area (Å²) in [5.74, 6) is 1.29. The highest BCUT2D eigenvalue weighted by Crippen LogP contribution is 2.09. The Labute approximate surface area is 79.9 Å². The first-order chi connectivity index (χ1) is 5.83. The molecule has 1 heterocycles. The van der Waals surface area contributed by atoms with Crippen molar-refractivity contribution in [2.24, 2.45) is 5.73 Å². The molecule has 2 nitrogen and oxygen atoms in total. The fourth-order valence-corrected chi connectivity index (χ4v) is 2.03. The number of hydrogen-bond donors (Lipinski definition) is 1. The van der Waals surface area contributed by atoms with Gasteiger partial charge in [-0.15, -0.1) is 0 Å². The molecule has 1 fully saturated rings. The molecule has 1 saturated heterocycles. The van der Waals surface area contributed by atoms with Crippen LogP contribution in [0.25, 0.3) is 0 Å². The van der Waals surface area contributed by atoms with Gasteiger partial charge >= 0.3 is 0 Å². The van der Waals surface area contributed by atoms with Crippen LogP contribution in [0.15, 0.2) is 0 Å². The lowest BCUT2D eigenvalue weighted by molar-refractivity contribution is 0.214. The lowest BCUT2D eigenvalue weighted by atomic mass is 10.1. The highest BCUT2D eigenvalue weighted by molar-refractivity contribution is 7.98. The summed E-state index contributed by atoms with van der Waals surface area (Å²) in [6.07, 6.45) is 5.89. The lowest BCUT2D eigenvalue weighted by Gasteiger charge is -2.29. The smallest absolute Gasteiger partial charge is 0.00631 e. The van der Waals surface area contributed by atoms with Crippen molar-refractivity contribution >= 4 is 11.8 Å². The summed E-state index contributed by atoms with van der Waals surface area (Å²) in [7, 11) is 0. The minimum absolute atomic E-state index is 0.474. The van der Waals surface area contributed by atoms with Gasteiger partial charge in [0, 0.05) is 6.04 Å². The first-order valence-electron chi connectivity index (χ1n) is 4.80. The molecule has 12 heavy (non-hydrogen) atoms. The zero-order chi connectivity index (χ0) is 8.81. The Kier molecular flexibility index (Phi) is 5.04. The third kappa shape index (κ3) is 3.78. The van der Waals surface area contributed by atoms with E-state index >= 15 is 0 Å². The summed E-state index contributed by atoms with van der Waals surface area (Å²) < 4.78 is 0. The van der Waals surface area contributed by atoms with Gasteiger partial charge in [0.2, 0.25) is 0 Å². The zero-order valence-corrected chi connectivity index (χ0v) is 8.78. The Morgan fingerprint density at radius 3 is 2.67 bits per heavy atom. The van der Waals surface area contributed by atoms with Gasteiger partial charge in [0.05, 0.1) is 0 Å². The molecule has 1 rings (SSSR count). The van der Waals surface area contributed by atoms with E-state index in [9.17, 15) is 0 Å². The van der Waals surface area contributed by atoms with Crippen molar-refractivity contribution in [3.05, 3.63) is 0 Å². The van der Waals surface area contributed by atoms with Crippen molar-refractivity contribution in [3.8, 4) is 0 Å². The Bertz CT molecular complexity index is 111. The number of thioether (sulfide) groups is 1. The van der Waals surface area contributed by atoms with E-state index < -0.39 is 0 Å². The Morgan fingerprint density at radius 1 is 1.42 bits per heavy atom. The van der Waals surface area contributed by atoms with Crippen LogP contribution in [-0.2, 0) is 0 Å². The van der Waals surface area contributed by atoms with Gasteiger partial charge in [0.1, 0.15) is 0 Å². The molecule has 0 aromatic heterocycles. The monoisotopic (exact) mass is 188 g/mol. The summed E-state index contributed by atoms with van der Waals surface area (Å²) in [6, 6.07) is 0.474. The largest absolute Gasteiger partial charge is 0.328 e. The molecular formula is C9H20N2S. The average Bonchev–Trinajstić information content (AvgIpc) is 2.09. The third-order valence-corrected chi connectivity index (χ3v) is 3.15. The summed E-state index contributed by atoms with van der Waals surface area (Å²) >= 11 is 1.94. The molecule has 1 aliphatic heterocycles. The van der Waals surface area contributed by atoms with Crippen LogP contribution in [0.3, 0.4) is 0 Å². The molecule has 0 saturated carbocycles. The van der Waals surface area contributed by atoms with Gasteiger partial charge in [0.15, 0.2) is 0 Å². The molecule has 0 spiro atoms. The van der Waals surface area contributed by atoms with Crippen LogP contribution in [0.2, 0.25) is 0 Å². The molecule has 0 aromatic carbocycles. The first kappa shape index (κ1) is 10.4. The quantitative estimate of drug-likeness (QED) is 0.671. The second kappa shape index (κ2) is 5.84. The predicted octanol–water partition coefficient (Wildman–Crippen LogP) is 1.16. The molecule has 0 bridgehead atoms. The summed E-state index contributed by atoms with van der Waals surface area (Å²) in [4.78, 5) is 2.54. The summed E-state index contributed by atoms with van der Waals surface area (Å²) in [5.41, 5.74) is 5.82. The topological polar surface area (TPSA) is 29.3 Å². The van der Waals surface area contributed by atoms with Crippen LogP contribution in [0.5, 0.6) is 0 Å². The fraction of sp³-hybridized carbons (Fsp3) is 1.00. The minimum Gasteiger partial charge on any atom is -0.328 e. The number of nitrogens with zero attached hydrogens (tertiary/aromatic N) is 1. The maximum Gasteiger partial charge on any atom is 0.00631 e. The van der Waals surface area contributed by atoms with Crippen LogP contribution >= 0.6 is 11.8 Å². The molecule has 0 unspecified atom stereocenters. The van der Waals surface area contributed by atoms with Crippen LogP contribution in [0.4, 0.5) is 0 Å². The van der Waals surface area contributed by atoms with Gasteiger partial charge in [-0.1, -0.05) is 0 Å². The van der Waals surface area contributed by atoms with Gasteiger partial charge in [0.25, 0.3) is 0 Å². The highest BCUT2D eigenvalue weighted by atomic mass is 32.2. The standard InChI is InChI=1S/C9H20N2S/c1-12-8-2-5-11-6-3-9(10)4-7-11/h9H,2-8,10H2,1H3. The molecule has 0 amide bonds. The highest BCUT2D eigenvalue weighted by Gasteiger charge is 2.14. The van der Waals surface area contributed by atoms with Crippen molar-refractivity contribution in [1.82, 2.24) is 4.90 Å². The molecule has 2 N–H and O–H groups in total. The van der Waals surface area contributed by atoms with Crippen LogP contribution in [0.1, 0.15) is 19.3 Å². The predicted molar refractivity (Wildman–Crippen MR) is 56.6 cm³/mol. The first-order valence-corrected chi connectivity index (χ1v) is 6.19. The maximum absolute atomic E-state index is 5.82. The average molecular weight is 188 g/mol. The van der Waals surface area contributed by atoms with E-state index in [0.717, 1.165) is 0 Å².